The summed E-state index contributed by atoms with van der Waals surface area (Å²) in [5.41, 5.74) is 1.85. The first-order valence-electron chi connectivity index (χ1n) is 7.70. The van der Waals surface area contributed by atoms with Gasteiger partial charge in [-0.05, 0) is 31.2 Å². The number of carbonyl (C=O) groups excluding carboxylic acids is 1. The maximum atomic E-state index is 11.7. The van der Waals surface area contributed by atoms with Crippen LogP contribution < -0.4 is 4.90 Å². The number of piperidine rings is 1. The highest BCUT2D eigenvalue weighted by Gasteiger charge is 2.23. The zero-order valence-electron chi connectivity index (χ0n) is 12.7. The number of hydrogen-bond acceptors (Lipinski definition) is 5. The standard InChI is InChI=1S/C17H20N2O2S/c1-2-21-16(20)15-12-22-17(18-15)19-10-8-14(9-11-19)13-6-4-3-5-7-13/h3-7,12,14H,2,8-11H2,1H3. The lowest BCUT2D eigenvalue weighted by Gasteiger charge is -2.32. The van der Waals surface area contributed by atoms with E-state index in [1.165, 1.54) is 16.9 Å². The van der Waals surface area contributed by atoms with Gasteiger partial charge in [0.1, 0.15) is 0 Å². The lowest BCUT2D eigenvalue weighted by Crippen LogP contribution is -2.32. The van der Waals surface area contributed by atoms with Gasteiger partial charge in [0.05, 0.1) is 6.61 Å². The van der Waals surface area contributed by atoms with Crippen molar-refractivity contribution in [2.75, 3.05) is 24.6 Å². The van der Waals surface area contributed by atoms with E-state index in [9.17, 15) is 4.79 Å². The molecule has 0 spiro atoms. The highest BCUT2D eigenvalue weighted by atomic mass is 32.1. The number of thiazole rings is 1. The van der Waals surface area contributed by atoms with Crippen LogP contribution in [0.2, 0.25) is 0 Å². The minimum atomic E-state index is -0.329. The minimum Gasteiger partial charge on any atom is -0.461 e. The molecule has 1 aliphatic heterocycles. The third-order valence-electron chi connectivity index (χ3n) is 4.01. The van der Waals surface area contributed by atoms with Crippen LogP contribution in [-0.4, -0.2) is 30.6 Å². The zero-order chi connectivity index (χ0) is 15.4. The number of nitrogens with zero attached hydrogens (tertiary/aromatic N) is 2. The second-order valence-corrected chi connectivity index (χ2v) is 6.24. The molecule has 1 saturated heterocycles. The number of hydrogen-bond donors (Lipinski definition) is 0. The van der Waals surface area contributed by atoms with E-state index < -0.39 is 0 Å². The second kappa shape index (κ2) is 6.92. The van der Waals surface area contributed by atoms with Gasteiger partial charge in [-0.2, -0.15) is 0 Å². The van der Waals surface area contributed by atoms with Gasteiger partial charge in [0.15, 0.2) is 10.8 Å². The summed E-state index contributed by atoms with van der Waals surface area (Å²) in [6.07, 6.45) is 2.25. The Morgan fingerprint density at radius 1 is 1.32 bits per heavy atom. The fraction of sp³-hybridized carbons (Fsp3) is 0.412. The highest BCUT2D eigenvalue weighted by Crippen LogP contribution is 2.31. The Labute approximate surface area is 134 Å². The maximum absolute atomic E-state index is 11.7. The molecule has 0 aliphatic carbocycles. The van der Waals surface area contributed by atoms with E-state index in [0.717, 1.165) is 31.1 Å². The summed E-state index contributed by atoms with van der Waals surface area (Å²) in [7, 11) is 0. The Kier molecular flexibility index (Phi) is 4.73. The van der Waals surface area contributed by atoms with Crippen LogP contribution in [0.1, 0.15) is 41.7 Å². The first kappa shape index (κ1) is 15.0. The summed E-state index contributed by atoms with van der Waals surface area (Å²) < 4.78 is 4.99. The topological polar surface area (TPSA) is 42.4 Å². The number of anilines is 1. The summed E-state index contributed by atoms with van der Waals surface area (Å²) in [5.74, 6) is 0.297. The van der Waals surface area contributed by atoms with Crippen molar-refractivity contribution in [2.45, 2.75) is 25.7 Å². The fourth-order valence-electron chi connectivity index (χ4n) is 2.84. The van der Waals surface area contributed by atoms with Crippen molar-refractivity contribution >= 4 is 22.4 Å². The van der Waals surface area contributed by atoms with Crippen LogP contribution in [0.4, 0.5) is 5.13 Å². The molecule has 1 fully saturated rings. The largest absolute Gasteiger partial charge is 0.461 e. The van der Waals surface area contributed by atoms with Gasteiger partial charge >= 0.3 is 5.97 Å². The molecule has 2 heterocycles. The van der Waals surface area contributed by atoms with E-state index in [0.29, 0.717) is 18.2 Å². The molecule has 0 bridgehead atoms. The van der Waals surface area contributed by atoms with E-state index in [1.807, 2.05) is 0 Å². The Bertz CT molecular complexity index is 619. The van der Waals surface area contributed by atoms with Crippen molar-refractivity contribution in [1.82, 2.24) is 4.98 Å². The van der Waals surface area contributed by atoms with Crippen LogP contribution in [0.15, 0.2) is 35.7 Å². The van der Waals surface area contributed by atoms with Crippen molar-refractivity contribution in [3.63, 3.8) is 0 Å². The first-order valence-corrected chi connectivity index (χ1v) is 8.58. The average Bonchev–Trinajstić information content (AvgIpc) is 3.06. The van der Waals surface area contributed by atoms with E-state index in [2.05, 4.69) is 40.2 Å². The van der Waals surface area contributed by atoms with Gasteiger partial charge in [-0.15, -0.1) is 11.3 Å². The Morgan fingerprint density at radius 2 is 2.05 bits per heavy atom. The Hall–Kier alpha value is -1.88. The lowest BCUT2D eigenvalue weighted by atomic mass is 9.90. The molecule has 4 nitrogen and oxygen atoms in total. The predicted molar refractivity (Wildman–Crippen MR) is 88.7 cm³/mol. The van der Waals surface area contributed by atoms with Crippen molar-refractivity contribution in [1.29, 1.82) is 0 Å². The molecule has 0 radical (unpaired) electrons. The van der Waals surface area contributed by atoms with E-state index in [4.69, 9.17) is 4.74 Å². The molecule has 1 aromatic heterocycles. The molecule has 1 aromatic carbocycles. The van der Waals surface area contributed by atoms with Crippen LogP contribution >= 0.6 is 11.3 Å². The number of benzene rings is 1. The predicted octanol–water partition coefficient (Wildman–Crippen LogP) is 3.70. The molecule has 0 unspecified atom stereocenters. The lowest BCUT2D eigenvalue weighted by molar-refractivity contribution is 0.0520. The number of aromatic nitrogens is 1. The molecular weight excluding hydrogens is 296 g/mol. The molecule has 0 amide bonds. The summed E-state index contributed by atoms with van der Waals surface area (Å²) in [6, 6.07) is 10.7. The molecule has 0 N–H and O–H groups in total. The molecule has 1 aliphatic rings. The van der Waals surface area contributed by atoms with Crippen LogP contribution in [0.5, 0.6) is 0 Å². The molecule has 22 heavy (non-hydrogen) atoms. The number of ether oxygens (including phenoxy) is 1. The monoisotopic (exact) mass is 316 g/mol. The molecule has 0 saturated carbocycles. The molecule has 3 rings (SSSR count). The normalized spacial score (nSPS) is 15.8. The maximum Gasteiger partial charge on any atom is 0.357 e. The molecule has 2 aromatic rings. The SMILES string of the molecule is CCOC(=O)c1csc(N2CCC(c3ccccc3)CC2)n1. The number of rotatable bonds is 4. The molecule has 5 heteroatoms. The Morgan fingerprint density at radius 3 is 2.73 bits per heavy atom. The van der Waals surface area contributed by atoms with E-state index in [1.54, 1.807) is 12.3 Å². The third-order valence-corrected chi connectivity index (χ3v) is 4.91. The summed E-state index contributed by atoms with van der Waals surface area (Å²) >= 11 is 1.52. The van der Waals surface area contributed by atoms with Crippen LogP contribution in [0.3, 0.4) is 0 Å². The van der Waals surface area contributed by atoms with Gasteiger partial charge in [0.2, 0.25) is 0 Å². The van der Waals surface area contributed by atoms with E-state index >= 15 is 0 Å². The number of carbonyl (C=O) groups is 1. The van der Waals surface area contributed by atoms with Crippen molar-refractivity contribution in [3.05, 3.63) is 47.0 Å². The summed E-state index contributed by atoms with van der Waals surface area (Å²) in [4.78, 5) is 18.4. The van der Waals surface area contributed by atoms with Crippen LogP contribution in [0.25, 0.3) is 0 Å². The zero-order valence-corrected chi connectivity index (χ0v) is 13.5. The molecular formula is C17H20N2O2S. The summed E-state index contributed by atoms with van der Waals surface area (Å²) in [6.45, 7) is 4.15. The van der Waals surface area contributed by atoms with Crippen LogP contribution in [0, 0.1) is 0 Å². The molecule has 0 atom stereocenters. The summed E-state index contributed by atoms with van der Waals surface area (Å²) in [5, 5.41) is 2.71. The van der Waals surface area contributed by atoms with Gasteiger partial charge in [0, 0.05) is 18.5 Å². The van der Waals surface area contributed by atoms with Gasteiger partial charge in [0.25, 0.3) is 0 Å². The van der Waals surface area contributed by atoms with Gasteiger partial charge in [-0.1, -0.05) is 30.3 Å². The minimum absolute atomic E-state index is 0.329. The van der Waals surface area contributed by atoms with Crippen molar-refractivity contribution in [2.24, 2.45) is 0 Å². The number of esters is 1. The van der Waals surface area contributed by atoms with E-state index in [-0.39, 0.29) is 5.97 Å². The van der Waals surface area contributed by atoms with Crippen molar-refractivity contribution < 1.29 is 9.53 Å². The highest BCUT2D eigenvalue weighted by molar-refractivity contribution is 7.13. The van der Waals surface area contributed by atoms with Crippen LogP contribution in [-0.2, 0) is 4.74 Å². The van der Waals surface area contributed by atoms with Gasteiger partial charge < -0.3 is 9.64 Å². The quantitative estimate of drug-likeness (QED) is 0.807. The Balaban J connectivity index is 1.61. The third kappa shape index (κ3) is 3.30. The first-order chi connectivity index (χ1) is 10.8. The van der Waals surface area contributed by atoms with Gasteiger partial charge in [-0.25, -0.2) is 9.78 Å². The average molecular weight is 316 g/mol. The smallest absolute Gasteiger partial charge is 0.357 e. The fourth-order valence-corrected chi connectivity index (χ4v) is 3.69. The molecule has 116 valence electrons. The second-order valence-electron chi connectivity index (χ2n) is 5.41. The van der Waals surface area contributed by atoms with Crippen molar-refractivity contribution in [3.8, 4) is 0 Å². The van der Waals surface area contributed by atoms with Gasteiger partial charge in [-0.3, -0.25) is 0 Å².